The van der Waals surface area contributed by atoms with Crippen molar-refractivity contribution in [3.63, 3.8) is 0 Å². The second kappa shape index (κ2) is 2.96. The van der Waals surface area contributed by atoms with Gasteiger partial charge in [-0.3, -0.25) is 0 Å². The van der Waals surface area contributed by atoms with Gasteiger partial charge in [0, 0.05) is 0 Å². The van der Waals surface area contributed by atoms with Gasteiger partial charge in [0.15, 0.2) is 0 Å². The maximum atomic E-state index is 12.3. The number of hydrogen-bond acceptors (Lipinski definition) is 2. The molecule has 1 aromatic carbocycles. The van der Waals surface area contributed by atoms with E-state index in [1.807, 2.05) is 0 Å². The van der Waals surface area contributed by atoms with E-state index in [1.165, 1.54) is 18.3 Å². The first-order valence-electron chi connectivity index (χ1n) is 2.82. The molecule has 0 saturated heterocycles. The first-order chi connectivity index (χ1) is 4.83. The maximum Gasteiger partial charge on any atom is 0.123 e. The van der Waals surface area contributed by atoms with Crippen LogP contribution in [0, 0.1) is 5.82 Å². The number of nitrogens with two attached hydrogens (primary N) is 1. The van der Waals surface area contributed by atoms with Crippen LogP contribution >= 0.6 is 0 Å². The van der Waals surface area contributed by atoms with Crippen LogP contribution in [-0.2, 0) is 0 Å². The van der Waals surface area contributed by atoms with Gasteiger partial charge in [-0.1, -0.05) is 12.1 Å². The fourth-order valence-electron chi connectivity index (χ4n) is 0.635. The van der Waals surface area contributed by atoms with Gasteiger partial charge in [-0.15, -0.1) is 0 Å². The predicted molar refractivity (Wildman–Crippen MR) is 38.2 cm³/mol. The standard InChI is InChI=1S/C7H7FN2/c8-7-3-1-6(2-4-7)5-10-9/h1-5H,9H2. The van der Waals surface area contributed by atoms with Gasteiger partial charge in [-0.2, -0.15) is 5.10 Å². The average Bonchev–Trinajstić information content (AvgIpc) is 1.95. The van der Waals surface area contributed by atoms with Crippen LogP contribution in [-0.4, -0.2) is 6.21 Å². The second-order valence-corrected chi connectivity index (χ2v) is 1.83. The highest BCUT2D eigenvalue weighted by molar-refractivity contribution is 5.79. The van der Waals surface area contributed by atoms with Crippen molar-refractivity contribution in [3.8, 4) is 0 Å². The highest BCUT2D eigenvalue weighted by atomic mass is 19.1. The summed E-state index contributed by atoms with van der Waals surface area (Å²) < 4.78 is 12.3. The summed E-state index contributed by atoms with van der Waals surface area (Å²) in [4.78, 5) is 0. The van der Waals surface area contributed by atoms with Crippen molar-refractivity contribution in [1.29, 1.82) is 0 Å². The van der Waals surface area contributed by atoms with E-state index in [0.29, 0.717) is 0 Å². The van der Waals surface area contributed by atoms with E-state index < -0.39 is 0 Å². The zero-order chi connectivity index (χ0) is 7.40. The molecule has 2 N–H and O–H groups in total. The molecule has 0 fully saturated rings. The Bertz CT molecular complexity index is 228. The van der Waals surface area contributed by atoms with Crippen molar-refractivity contribution in [3.05, 3.63) is 35.6 Å². The van der Waals surface area contributed by atoms with Crippen LogP contribution < -0.4 is 5.84 Å². The number of hydrogen-bond donors (Lipinski definition) is 1. The molecule has 10 heavy (non-hydrogen) atoms. The molecule has 3 heteroatoms. The lowest BCUT2D eigenvalue weighted by Gasteiger charge is -1.89. The summed E-state index contributed by atoms with van der Waals surface area (Å²) in [6.07, 6.45) is 1.46. The van der Waals surface area contributed by atoms with Gasteiger partial charge in [0.05, 0.1) is 6.21 Å². The van der Waals surface area contributed by atoms with Crippen LogP contribution in [0.3, 0.4) is 0 Å². The number of benzene rings is 1. The highest BCUT2D eigenvalue weighted by Gasteiger charge is 1.87. The Balaban J connectivity index is 2.89. The molecule has 0 spiro atoms. The first-order valence-corrected chi connectivity index (χ1v) is 2.82. The summed E-state index contributed by atoms with van der Waals surface area (Å²) in [6, 6.07) is 5.92. The van der Waals surface area contributed by atoms with Crippen molar-refractivity contribution in [1.82, 2.24) is 0 Å². The SMILES string of the molecule is NN=Cc1ccc(F)cc1. The molecule has 0 aliphatic rings. The van der Waals surface area contributed by atoms with E-state index in [1.54, 1.807) is 12.1 Å². The summed E-state index contributed by atoms with van der Waals surface area (Å²) in [5, 5.41) is 3.29. The van der Waals surface area contributed by atoms with E-state index in [2.05, 4.69) is 5.10 Å². The summed E-state index contributed by atoms with van der Waals surface area (Å²) in [7, 11) is 0. The lowest BCUT2D eigenvalue weighted by atomic mass is 10.2. The Morgan fingerprint density at radius 1 is 1.30 bits per heavy atom. The predicted octanol–water partition coefficient (Wildman–Crippen LogP) is 1.12. The smallest absolute Gasteiger partial charge is 0.123 e. The lowest BCUT2D eigenvalue weighted by Crippen LogP contribution is -1.85. The van der Waals surface area contributed by atoms with Crippen LogP contribution in [0.1, 0.15) is 5.56 Å². The maximum absolute atomic E-state index is 12.3. The summed E-state index contributed by atoms with van der Waals surface area (Å²) in [5.41, 5.74) is 0.795. The summed E-state index contributed by atoms with van der Waals surface area (Å²) in [5.74, 6) is 4.62. The Morgan fingerprint density at radius 2 is 1.90 bits per heavy atom. The third-order valence-electron chi connectivity index (χ3n) is 1.09. The fourth-order valence-corrected chi connectivity index (χ4v) is 0.635. The minimum absolute atomic E-state index is 0.255. The molecular weight excluding hydrogens is 131 g/mol. The highest BCUT2D eigenvalue weighted by Crippen LogP contribution is 1.98. The molecule has 0 unspecified atom stereocenters. The van der Waals surface area contributed by atoms with E-state index in [-0.39, 0.29) is 5.82 Å². The molecule has 0 aliphatic heterocycles. The molecule has 0 heterocycles. The van der Waals surface area contributed by atoms with Crippen LogP contribution in [0.15, 0.2) is 29.4 Å². The molecular formula is C7H7FN2. The van der Waals surface area contributed by atoms with Crippen LogP contribution in [0.5, 0.6) is 0 Å². The summed E-state index contributed by atoms with van der Waals surface area (Å²) in [6.45, 7) is 0. The molecule has 0 aliphatic carbocycles. The van der Waals surface area contributed by atoms with Crippen molar-refractivity contribution in [2.45, 2.75) is 0 Å². The van der Waals surface area contributed by atoms with Crippen molar-refractivity contribution in [2.24, 2.45) is 10.9 Å². The van der Waals surface area contributed by atoms with Crippen molar-refractivity contribution in [2.75, 3.05) is 0 Å². The van der Waals surface area contributed by atoms with Crippen LogP contribution in [0.4, 0.5) is 4.39 Å². The van der Waals surface area contributed by atoms with Crippen molar-refractivity contribution < 1.29 is 4.39 Å². The third-order valence-corrected chi connectivity index (χ3v) is 1.09. The lowest BCUT2D eigenvalue weighted by molar-refractivity contribution is 0.628. The van der Waals surface area contributed by atoms with Crippen LogP contribution in [0.2, 0.25) is 0 Å². The van der Waals surface area contributed by atoms with Gasteiger partial charge in [0.25, 0.3) is 0 Å². The number of hydrazone groups is 1. The first kappa shape index (κ1) is 6.74. The molecule has 2 nitrogen and oxygen atoms in total. The van der Waals surface area contributed by atoms with Gasteiger partial charge in [-0.05, 0) is 17.7 Å². The van der Waals surface area contributed by atoms with E-state index in [9.17, 15) is 4.39 Å². The minimum Gasteiger partial charge on any atom is -0.323 e. The Labute approximate surface area is 58.2 Å². The molecule has 52 valence electrons. The molecule has 0 aromatic heterocycles. The molecule has 0 atom stereocenters. The Morgan fingerprint density at radius 3 is 2.40 bits per heavy atom. The molecule has 0 saturated carbocycles. The normalized spacial score (nSPS) is 10.5. The topological polar surface area (TPSA) is 38.4 Å². The van der Waals surface area contributed by atoms with E-state index >= 15 is 0 Å². The largest absolute Gasteiger partial charge is 0.323 e. The molecule has 0 amide bonds. The Kier molecular flexibility index (Phi) is 1.99. The molecule has 0 bridgehead atoms. The zero-order valence-corrected chi connectivity index (χ0v) is 5.29. The van der Waals surface area contributed by atoms with Crippen molar-refractivity contribution >= 4 is 6.21 Å². The van der Waals surface area contributed by atoms with Gasteiger partial charge in [-0.25, -0.2) is 4.39 Å². The fraction of sp³-hybridized carbons (Fsp3) is 0. The van der Waals surface area contributed by atoms with Gasteiger partial charge in [0.1, 0.15) is 5.82 Å². The third kappa shape index (κ3) is 1.55. The molecule has 0 radical (unpaired) electrons. The summed E-state index contributed by atoms with van der Waals surface area (Å²) >= 11 is 0. The monoisotopic (exact) mass is 138 g/mol. The average molecular weight is 138 g/mol. The zero-order valence-electron chi connectivity index (χ0n) is 5.29. The van der Waals surface area contributed by atoms with Gasteiger partial charge < -0.3 is 5.84 Å². The minimum atomic E-state index is -0.255. The number of rotatable bonds is 1. The molecule has 1 aromatic rings. The van der Waals surface area contributed by atoms with Gasteiger partial charge >= 0.3 is 0 Å². The van der Waals surface area contributed by atoms with Crippen LogP contribution in [0.25, 0.3) is 0 Å². The Hall–Kier alpha value is -1.38. The quantitative estimate of drug-likeness (QED) is 0.352. The number of halogens is 1. The molecule has 1 rings (SSSR count). The van der Waals surface area contributed by atoms with E-state index in [0.717, 1.165) is 5.56 Å². The van der Waals surface area contributed by atoms with E-state index in [4.69, 9.17) is 5.84 Å². The second-order valence-electron chi connectivity index (χ2n) is 1.83. The number of nitrogens with zero attached hydrogens (tertiary/aromatic N) is 1. The van der Waals surface area contributed by atoms with Gasteiger partial charge in [0.2, 0.25) is 0 Å².